The summed E-state index contributed by atoms with van der Waals surface area (Å²) in [5, 5.41) is 22.0. The third-order valence-electron chi connectivity index (χ3n) is 3.62. The fourth-order valence-corrected chi connectivity index (χ4v) is 2.16. The van der Waals surface area contributed by atoms with Crippen molar-refractivity contribution < 1.29 is 24.5 Å². The zero-order valence-corrected chi connectivity index (χ0v) is 14.5. The maximum atomic E-state index is 12.7. The van der Waals surface area contributed by atoms with Crippen LogP contribution in [-0.2, 0) is 4.74 Å². The first kappa shape index (κ1) is 18.9. The van der Waals surface area contributed by atoms with E-state index in [1.54, 1.807) is 20.8 Å². The van der Waals surface area contributed by atoms with Crippen LogP contribution in [0.2, 0.25) is 0 Å². The van der Waals surface area contributed by atoms with Gasteiger partial charge in [0.15, 0.2) is 11.7 Å². The Kier molecular flexibility index (Phi) is 5.69. The van der Waals surface area contributed by atoms with Crippen LogP contribution in [0.3, 0.4) is 0 Å². The van der Waals surface area contributed by atoms with E-state index in [4.69, 9.17) is 4.74 Å². The van der Waals surface area contributed by atoms with Crippen LogP contribution in [-0.4, -0.2) is 38.7 Å². The van der Waals surface area contributed by atoms with E-state index in [9.17, 15) is 19.8 Å². The first-order chi connectivity index (χ1) is 10.5. The van der Waals surface area contributed by atoms with E-state index in [1.807, 2.05) is 13.8 Å². The summed E-state index contributed by atoms with van der Waals surface area (Å²) in [6.45, 7) is 10.4. The smallest absolute Gasteiger partial charge is 0.408 e. The lowest BCUT2D eigenvalue weighted by Crippen LogP contribution is -2.47. The summed E-state index contributed by atoms with van der Waals surface area (Å²) in [5.74, 6) is -1.34. The Labute approximate surface area is 136 Å². The van der Waals surface area contributed by atoms with E-state index in [0.717, 1.165) is 0 Å². The van der Waals surface area contributed by atoms with E-state index >= 15 is 0 Å². The number of amides is 1. The minimum atomic E-state index is -0.866. The predicted molar refractivity (Wildman–Crippen MR) is 85.8 cm³/mol. The standard InChI is InChI=1S/C16H26N2O5/c1-7-8(2)11(17-15(22)23-16(4,5)6)12(19)10-9(3)13(20)18-14(10)21/h8,11,18,20-21H,7H2,1-6H3,(H,17,22)/t8-,11+/m1/s1. The molecule has 1 aromatic heterocycles. The van der Waals surface area contributed by atoms with Gasteiger partial charge >= 0.3 is 6.09 Å². The van der Waals surface area contributed by atoms with Crippen LogP contribution in [0.1, 0.15) is 57.0 Å². The number of ketones is 1. The summed E-state index contributed by atoms with van der Waals surface area (Å²) in [6, 6.07) is -0.866. The van der Waals surface area contributed by atoms with E-state index in [0.29, 0.717) is 6.42 Å². The first-order valence-corrected chi connectivity index (χ1v) is 7.62. The molecular formula is C16H26N2O5. The maximum absolute atomic E-state index is 12.7. The van der Waals surface area contributed by atoms with Gasteiger partial charge in [-0.3, -0.25) is 9.78 Å². The fourth-order valence-electron chi connectivity index (χ4n) is 2.16. The van der Waals surface area contributed by atoms with Gasteiger partial charge in [-0.25, -0.2) is 4.79 Å². The average molecular weight is 326 g/mol. The number of hydrogen-bond acceptors (Lipinski definition) is 5. The molecule has 1 heterocycles. The SMILES string of the molecule is CC[C@@H](C)[C@H](NC(=O)OC(C)(C)C)C(=O)c1c(O)[nH]c(O)c1C. The van der Waals surface area contributed by atoms with E-state index in [1.165, 1.54) is 6.92 Å². The summed E-state index contributed by atoms with van der Waals surface area (Å²) in [4.78, 5) is 27.0. The molecule has 130 valence electrons. The van der Waals surface area contributed by atoms with Gasteiger partial charge in [-0.1, -0.05) is 20.3 Å². The highest BCUT2D eigenvalue weighted by atomic mass is 16.6. The monoisotopic (exact) mass is 326 g/mol. The van der Waals surface area contributed by atoms with Gasteiger partial charge in [0.2, 0.25) is 5.88 Å². The Hall–Kier alpha value is -2.18. The lowest BCUT2D eigenvalue weighted by atomic mass is 9.91. The van der Waals surface area contributed by atoms with Crippen LogP contribution < -0.4 is 5.32 Å². The number of rotatable bonds is 5. The van der Waals surface area contributed by atoms with Gasteiger partial charge in [-0.15, -0.1) is 0 Å². The number of aromatic nitrogens is 1. The van der Waals surface area contributed by atoms with Gasteiger partial charge in [0.25, 0.3) is 0 Å². The van der Waals surface area contributed by atoms with E-state index in [2.05, 4.69) is 10.3 Å². The van der Waals surface area contributed by atoms with Crippen LogP contribution in [0.5, 0.6) is 11.8 Å². The Morgan fingerprint density at radius 1 is 1.26 bits per heavy atom. The zero-order chi connectivity index (χ0) is 17.9. The van der Waals surface area contributed by atoms with Crippen LogP contribution in [0.4, 0.5) is 4.79 Å². The highest BCUT2D eigenvalue weighted by Crippen LogP contribution is 2.30. The number of aromatic hydroxyl groups is 2. The Balaban J connectivity index is 3.07. The average Bonchev–Trinajstić information content (AvgIpc) is 2.66. The summed E-state index contributed by atoms with van der Waals surface area (Å²) in [7, 11) is 0. The van der Waals surface area contributed by atoms with Crippen molar-refractivity contribution in [1.29, 1.82) is 0 Å². The third kappa shape index (κ3) is 4.64. The van der Waals surface area contributed by atoms with Crippen molar-refractivity contribution in [3.05, 3.63) is 11.1 Å². The Morgan fingerprint density at radius 3 is 2.22 bits per heavy atom. The molecule has 0 aromatic carbocycles. The lowest BCUT2D eigenvalue weighted by molar-refractivity contribution is 0.0471. The molecule has 0 aliphatic rings. The largest absolute Gasteiger partial charge is 0.494 e. The summed E-state index contributed by atoms with van der Waals surface area (Å²) < 4.78 is 5.19. The van der Waals surface area contributed by atoms with Crippen molar-refractivity contribution in [3.63, 3.8) is 0 Å². The number of carbonyl (C=O) groups is 2. The molecule has 4 N–H and O–H groups in total. The molecule has 0 unspecified atom stereocenters. The first-order valence-electron chi connectivity index (χ1n) is 7.62. The molecule has 1 amide bonds. The van der Waals surface area contributed by atoms with Crippen LogP contribution in [0.25, 0.3) is 0 Å². The number of H-pyrrole nitrogens is 1. The van der Waals surface area contributed by atoms with Gasteiger partial charge in [-0.05, 0) is 33.6 Å². The van der Waals surface area contributed by atoms with Crippen molar-refractivity contribution in [2.75, 3.05) is 0 Å². The highest BCUT2D eigenvalue weighted by Gasteiger charge is 2.32. The number of nitrogens with one attached hydrogen (secondary N) is 2. The molecule has 0 spiro atoms. The second-order valence-corrected chi connectivity index (χ2v) is 6.70. The van der Waals surface area contributed by atoms with Crippen molar-refractivity contribution in [2.24, 2.45) is 5.92 Å². The van der Waals surface area contributed by atoms with Crippen molar-refractivity contribution >= 4 is 11.9 Å². The van der Waals surface area contributed by atoms with Gasteiger partial charge < -0.3 is 20.3 Å². The number of hydrogen-bond donors (Lipinski definition) is 4. The van der Waals surface area contributed by atoms with Gasteiger partial charge in [0.1, 0.15) is 5.60 Å². The molecule has 0 saturated carbocycles. The zero-order valence-electron chi connectivity index (χ0n) is 14.5. The molecular weight excluding hydrogens is 300 g/mol. The molecule has 0 aliphatic heterocycles. The molecule has 7 nitrogen and oxygen atoms in total. The third-order valence-corrected chi connectivity index (χ3v) is 3.62. The minimum Gasteiger partial charge on any atom is -0.494 e. The van der Waals surface area contributed by atoms with E-state index in [-0.39, 0.29) is 22.9 Å². The topological polar surface area (TPSA) is 112 Å². The van der Waals surface area contributed by atoms with Crippen LogP contribution in [0.15, 0.2) is 0 Å². The van der Waals surface area contributed by atoms with Gasteiger partial charge in [0, 0.05) is 5.56 Å². The summed E-state index contributed by atoms with van der Waals surface area (Å²) in [5.41, 5.74) is -0.465. The predicted octanol–water partition coefficient (Wildman–Crippen LogP) is 2.86. The second-order valence-electron chi connectivity index (χ2n) is 6.70. The van der Waals surface area contributed by atoms with Crippen LogP contribution in [0, 0.1) is 12.8 Å². The molecule has 1 aromatic rings. The molecule has 2 atom stereocenters. The molecule has 0 saturated heterocycles. The molecule has 1 rings (SSSR count). The highest BCUT2D eigenvalue weighted by molar-refractivity contribution is 6.05. The Bertz CT molecular complexity index is 586. The number of alkyl carbamates (subject to hydrolysis) is 1. The molecule has 0 aliphatic carbocycles. The quantitative estimate of drug-likeness (QED) is 0.622. The number of carbonyl (C=O) groups excluding carboxylic acids is 2. The summed E-state index contributed by atoms with van der Waals surface area (Å²) >= 11 is 0. The second kappa shape index (κ2) is 6.93. The molecule has 0 radical (unpaired) electrons. The van der Waals surface area contributed by atoms with Crippen molar-refractivity contribution in [1.82, 2.24) is 10.3 Å². The van der Waals surface area contributed by atoms with E-state index < -0.39 is 29.4 Å². The van der Waals surface area contributed by atoms with Crippen LogP contribution >= 0.6 is 0 Å². The van der Waals surface area contributed by atoms with Gasteiger partial charge in [-0.2, -0.15) is 0 Å². The molecule has 0 fully saturated rings. The number of aromatic amines is 1. The van der Waals surface area contributed by atoms with Gasteiger partial charge in [0.05, 0.1) is 11.6 Å². The number of ether oxygens (including phenoxy) is 1. The summed E-state index contributed by atoms with van der Waals surface area (Å²) in [6.07, 6.45) is -0.0596. The number of Topliss-reactive ketones (excluding diaryl/α,β-unsaturated/α-hetero) is 1. The van der Waals surface area contributed by atoms with Crippen molar-refractivity contribution in [2.45, 2.75) is 59.6 Å². The normalized spacial score (nSPS) is 14.2. The minimum absolute atomic E-state index is 0.0242. The molecule has 23 heavy (non-hydrogen) atoms. The molecule has 0 bridgehead atoms. The maximum Gasteiger partial charge on any atom is 0.408 e. The molecule has 7 heteroatoms. The lowest BCUT2D eigenvalue weighted by Gasteiger charge is -2.26. The van der Waals surface area contributed by atoms with Crippen molar-refractivity contribution in [3.8, 4) is 11.8 Å². The fraction of sp³-hybridized carbons (Fsp3) is 0.625. The Morgan fingerprint density at radius 2 is 1.83 bits per heavy atom.